The second-order valence-corrected chi connectivity index (χ2v) is 5.36. The lowest BCUT2D eigenvalue weighted by Crippen LogP contribution is -2.54. The lowest BCUT2D eigenvalue weighted by atomic mass is 9.99. The average molecular weight is 228 g/mol. The van der Waals surface area contributed by atoms with E-state index in [9.17, 15) is 0 Å². The molecule has 0 aliphatic carbocycles. The van der Waals surface area contributed by atoms with Crippen molar-refractivity contribution in [2.24, 2.45) is 0 Å². The van der Waals surface area contributed by atoms with Crippen molar-refractivity contribution in [1.82, 2.24) is 9.80 Å². The third-order valence-corrected chi connectivity index (χ3v) is 4.12. The molecule has 0 spiro atoms. The molecule has 1 atom stereocenters. The van der Waals surface area contributed by atoms with Gasteiger partial charge in [-0.3, -0.25) is 4.90 Å². The van der Waals surface area contributed by atoms with Crippen molar-refractivity contribution in [3.05, 3.63) is 0 Å². The van der Waals surface area contributed by atoms with Crippen molar-refractivity contribution in [3.63, 3.8) is 0 Å². The molecule has 0 saturated carbocycles. The molecule has 2 rings (SSSR count). The molecule has 0 amide bonds. The van der Waals surface area contributed by atoms with Crippen LogP contribution in [0.15, 0.2) is 0 Å². The summed E-state index contributed by atoms with van der Waals surface area (Å²) in [6, 6.07) is 0.878. The van der Waals surface area contributed by atoms with E-state index in [1.807, 2.05) is 0 Å². The number of piperazine rings is 1. The Morgan fingerprint density at radius 1 is 1.07 bits per heavy atom. The van der Waals surface area contributed by atoms with Crippen molar-refractivity contribution in [2.45, 2.75) is 38.1 Å². The molecule has 0 N–H and O–H groups in total. The summed E-state index contributed by atoms with van der Waals surface area (Å²) in [6.45, 7) is 6.58. The van der Waals surface area contributed by atoms with Crippen LogP contribution in [0.5, 0.6) is 0 Å². The monoisotopic (exact) mass is 228 g/mol. The van der Waals surface area contributed by atoms with Gasteiger partial charge in [0.25, 0.3) is 0 Å². The van der Waals surface area contributed by atoms with E-state index >= 15 is 0 Å². The van der Waals surface area contributed by atoms with Crippen molar-refractivity contribution in [2.75, 3.05) is 38.5 Å². The van der Waals surface area contributed by atoms with Crippen LogP contribution < -0.4 is 0 Å². The highest BCUT2D eigenvalue weighted by atomic mass is 32.1. The highest BCUT2D eigenvalue weighted by molar-refractivity contribution is 7.80. The fourth-order valence-electron chi connectivity index (χ4n) is 2.87. The molecule has 0 aromatic heterocycles. The number of hydrogen-bond acceptors (Lipinski definition) is 3. The van der Waals surface area contributed by atoms with Gasteiger partial charge < -0.3 is 4.90 Å². The molecule has 2 aliphatic rings. The number of unbranched alkanes of at least 4 members (excludes halogenated alkanes) is 1. The summed E-state index contributed by atoms with van der Waals surface area (Å²) in [5, 5.41) is 0. The first-order chi connectivity index (χ1) is 7.40. The Bertz CT molecular complexity index is 184. The smallest absolute Gasteiger partial charge is 0.0223 e. The Hall–Kier alpha value is 0.270. The van der Waals surface area contributed by atoms with Gasteiger partial charge in [-0.25, -0.2) is 0 Å². The molecule has 0 radical (unpaired) electrons. The average Bonchev–Trinajstić information content (AvgIpc) is 2.29. The van der Waals surface area contributed by atoms with Gasteiger partial charge in [0.15, 0.2) is 0 Å². The van der Waals surface area contributed by atoms with Crippen LogP contribution in [0.4, 0.5) is 0 Å². The summed E-state index contributed by atoms with van der Waals surface area (Å²) in [7, 11) is 0. The van der Waals surface area contributed by atoms with Crippen LogP contribution in [-0.2, 0) is 0 Å². The molecule has 15 heavy (non-hydrogen) atoms. The van der Waals surface area contributed by atoms with E-state index in [4.69, 9.17) is 0 Å². The number of rotatable bonds is 4. The summed E-state index contributed by atoms with van der Waals surface area (Å²) in [5.41, 5.74) is 0. The Morgan fingerprint density at radius 3 is 2.87 bits per heavy atom. The molecule has 2 saturated heterocycles. The van der Waals surface area contributed by atoms with Crippen LogP contribution in [0.3, 0.4) is 0 Å². The second-order valence-electron chi connectivity index (χ2n) is 4.92. The van der Waals surface area contributed by atoms with Gasteiger partial charge in [0.1, 0.15) is 0 Å². The molecule has 3 heteroatoms. The van der Waals surface area contributed by atoms with Crippen LogP contribution in [0.1, 0.15) is 32.1 Å². The fraction of sp³-hybridized carbons (Fsp3) is 1.00. The van der Waals surface area contributed by atoms with E-state index in [0.717, 1.165) is 11.8 Å². The molecule has 88 valence electrons. The largest absolute Gasteiger partial charge is 0.301 e. The predicted molar refractivity (Wildman–Crippen MR) is 68.7 cm³/mol. The topological polar surface area (TPSA) is 6.48 Å². The van der Waals surface area contributed by atoms with Gasteiger partial charge in [-0.05, 0) is 44.5 Å². The van der Waals surface area contributed by atoms with Crippen molar-refractivity contribution >= 4 is 12.6 Å². The molecule has 1 unspecified atom stereocenters. The Morgan fingerprint density at radius 2 is 2.00 bits per heavy atom. The number of fused-ring (bicyclic) bond motifs is 1. The van der Waals surface area contributed by atoms with E-state index < -0.39 is 0 Å². The normalized spacial score (nSPS) is 29.0. The van der Waals surface area contributed by atoms with E-state index in [-0.39, 0.29) is 0 Å². The zero-order chi connectivity index (χ0) is 10.5. The minimum absolute atomic E-state index is 0.878. The molecular weight excluding hydrogens is 204 g/mol. The number of nitrogens with zero attached hydrogens (tertiary/aromatic N) is 2. The lowest BCUT2D eigenvalue weighted by Gasteiger charge is -2.44. The van der Waals surface area contributed by atoms with Gasteiger partial charge in [-0.2, -0.15) is 12.6 Å². The first-order valence-corrected chi connectivity index (χ1v) is 7.10. The molecular formula is C12H24N2S. The van der Waals surface area contributed by atoms with Crippen molar-refractivity contribution in [3.8, 4) is 0 Å². The summed E-state index contributed by atoms with van der Waals surface area (Å²) in [5.74, 6) is 1.05. The highest BCUT2D eigenvalue weighted by Crippen LogP contribution is 2.21. The third kappa shape index (κ3) is 3.36. The third-order valence-electron chi connectivity index (χ3n) is 3.80. The molecule has 2 heterocycles. The van der Waals surface area contributed by atoms with Crippen molar-refractivity contribution in [1.29, 1.82) is 0 Å². The predicted octanol–water partition coefficient (Wildman–Crippen LogP) is 1.87. The summed E-state index contributed by atoms with van der Waals surface area (Å²) in [4.78, 5) is 5.37. The maximum absolute atomic E-state index is 4.27. The first kappa shape index (κ1) is 11.7. The molecule has 2 aliphatic heterocycles. The maximum atomic E-state index is 4.27. The van der Waals surface area contributed by atoms with Crippen LogP contribution in [-0.4, -0.2) is 54.3 Å². The zero-order valence-corrected chi connectivity index (χ0v) is 10.6. The minimum atomic E-state index is 0.878. The Kier molecular flexibility index (Phi) is 4.79. The van der Waals surface area contributed by atoms with Gasteiger partial charge in [0, 0.05) is 25.7 Å². The highest BCUT2D eigenvalue weighted by Gasteiger charge is 2.28. The molecule has 2 nitrogen and oxygen atoms in total. The fourth-order valence-corrected chi connectivity index (χ4v) is 3.09. The van der Waals surface area contributed by atoms with E-state index in [0.29, 0.717) is 0 Å². The minimum Gasteiger partial charge on any atom is -0.301 e. The van der Waals surface area contributed by atoms with E-state index in [2.05, 4.69) is 22.4 Å². The molecule has 0 aromatic carbocycles. The quantitative estimate of drug-likeness (QED) is 0.580. The lowest BCUT2D eigenvalue weighted by molar-refractivity contribution is 0.0489. The SMILES string of the molecule is SCCCCN1CCN2CCCCC2C1. The number of hydrogen-bond donors (Lipinski definition) is 1. The number of thiol groups is 1. The van der Waals surface area contributed by atoms with E-state index in [1.54, 1.807) is 0 Å². The van der Waals surface area contributed by atoms with Crippen LogP contribution in [0.2, 0.25) is 0 Å². The van der Waals surface area contributed by atoms with Crippen LogP contribution in [0.25, 0.3) is 0 Å². The van der Waals surface area contributed by atoms with Crippen LogP contribution in [0, 0.1) is 0 Å². The standard InChI is InChI=1S/C12H24N2S/c15-10-4-3-6-13-8-9-14-7-2-1-5-12(14)11-13/h12,15H,1-11H2. The number of piperidine rings is 1. The van der Waals surface area contributed by atoms with Gasteiger partial charge in [0.05, 0.1) is 0 Å². The Labute approximate surface area is 99.4 Å². The second kappa shape index (κ2) is 6.12. The Balaban J connectivity index is 1.71. The van der Waals surface area contributed by atoms with Gasteiger partial charge in [0.2, 0.25) is 0 Å². The van der Waals surface area contributed by atoms with E-state index in [1.165, 1.54) is 64.8 Å². The first-order valence-electron chi connectivity index (χ1n) is 6.47. The molecule has 2 fully saturated rings. The van der Waals surface area contributed by atoms with Gasteiger partial charge >= 0.3 is 0 Å². The maximum Gasteiger partial charge on any atom is 0.0223 e. The van der Waals surface area contributed by atoms with Crippen LogP contribution >= 0.6 is 12.6 Å². The van der Waals surface area contributed by atoms with Gasteiger partial charge in [-0.1, -0.05) is 6.42 Å². The van der Waals surface area contributed by atoms with Crippen molar-refractivity contribution < 1.29 is 0 Å². The summed E-state index contributed by atoms with van der Waals surface area (Å²) >= 11 is 4.27. The van der Waals surface area contributed by atoms with Gasteiger partial charge in [-0.15, -0.1) is 0 Å². The summed E-state index contributed by atoms with van der Waals surface area (Å²) < 4.78 is 0. The zero-order valence-electron chi connectivity index (χ0n) is 9.70. The molecule has 0 bridgehead atoms. The summed E-state index contributed by atoms with van der Waals surface area (Å²) in [6.07, 6.45) is 6.91. The molecule has 0 aromatic rings.